The summed E-state index contributed by atoms with van der Waals surface area (Å²) in [5.74, 6) is 1.06. The molecule has 0 unspecified atom stereocenters. The number of benzene rings is 2. The van der Waals surface area contributed by atoms with E-state index >= 15 is 0 Å². The van der Waals surface area contributed by atoms with Gasteiger partial charge < -0.3 is 14.8 Å². The Bertz CT molecular complexity index is 764. The second kappa shape index (κ2) is 8.19. The maximum atomic E-state index is 13.0. The molecular weight excluding hydrogens is 335 g/mol. The third-order valence-electron chi connectivity index (χ3n) is 4.64. The Kier molecular flexibility index (Phi) is 5.73. The maximum Gasteiger partial charge on any atom is 0.238 e. The number of halogens is 1. The van der Waals surface area contributed by atoms with Gasteiger partial charge in [-0.1, -0.05) is 6.07 Å². The Morgan fingerprint density at radius 2 is 1.96 bits per heavy atom. The average Bonchev–Trinajstić information content (AvgIpc) is 3.10. The lowest BCUT2D eigenvalue weighted by Crippen LogP contribution is -2.33. The third-order valence-corrected chi connectivity index (χ3v) is 4.64. The highest BCUT2D eigenvalue weighted by Gasteiger charge is 2.29. The average molecular weight is 358 g/mol. The molecule has 1 aliphatic heterocycles. The van der Waals surface area contributed by atoms with Crippen LogP contribution in [-0.2, 0) is 4.79 Å². The summed E-state index contributed by atoms with van der Waals surface area (Å²) in [6.45, 7) is 1.12. The molecule has 0 spiro atoms. The van der Waals surface area contributed by atoms with Gasteiger partial charge in [0.1, 0.15) is 17.3 Å². The van der Waals surface area contributed by atoms with Crippen LogP contribution in [0.1, 0.15) is 24.4 Å². The highest BCUT2D eigenvalue weighted by atomic mass is 19.1. The third kappa shape index (κ3) is 4.14. The molecule has 5 nitrogen and oxygen atoms in total. The predicted octanol–water partition coefficient (Wildman–Crippen LogP) is 3.62. The number of ether oxygens (including phenoxy) is 2. The molecule has 26 heavy (non-hydrogen) atoms. The smallest absolute Gasteiger partial charge is 0.238 e. The number of likely N-dealkylation sites (tertiary alicyclic amines) is 1. The van der Waals surface area contributed by atoms with Crippen LogP contribution in [0.4, 0.5) is 10.1 Å². The molecule has 1 N–H and O–H groups in total. The molecule has 1 amide bonds. The molecule has 0 saturated carbocycles. The topological polar surface area (TPSA) is 50.8 Å². The Hall–Kier alpha value is -2.60. The van der Waals surface area contributed by atoms with Crippen molar-refractivity contribution in [1.29, 1.82) is 0 Å². The fourth-order valence-electron chi connectivity index (χ4n) is 3.38. The first-order valence-corrected chi connectivity index (χ1v) is 8.62. The Labute approximate surface area is 152 Å². The van der Waals surface area contributed by atoms with Crippen LogP contribution in [0.25, 0.3) is 0 Å². The van der Waals surface area contributed by atoms with Gasteiger partial charge in [0, 0.05) is 23.4 Å². The van der Waals surface area contributed by atoms with Gasteiger partial charge in [0.2, 0.25) is 5.91 Å². The van der Waals surface area contributed by atoms with Crippen molar-refractivity contribution in [2.24, 2.45) is 0 Å². The standard InChI is InChI=1S/C20H23FN2O3/c1-25-16-9-10-17(19(12-16)26-2)18-4-3-11-23(18)13-20(24)22-15-7-5-14(21)6-8-15/h5-10,12,18H,3-4,11,13H2,1-2H3,(H,22,24)/t18-/m1/s1. The van der Waals surface area contributed by atoms with Crippen LogP contribution < -0.4 is 14.8 Å². The van der Waals surface area contributed by atoms with Gasteiger partial charge in [0.05, 0.1) is 20.8 Å². The highest BCUT2D eigenvalue weighted by molar-refractivity contribution is 5.92. The van der Waals surface area contributed by atoms with E-state index in [1.165, 1.54) is 12.1 Å². The van der Waals surface area contributed by atoms with E-state index in [1.54, 1.807) is 26.4 Å². The van der Waals surface area contributed by atoms with Crippen molar-refractivity contribution < 1.29 is 18.7 Å². The maximum absolute atomic E-state index is 13.0. The lowest BCUT2D eigenvalue weighted by Gasteiger charge is -2.25. The number of hydrogen-bond donors (Lipinski definition) is 1. The second-order valence-electron chi connectivity index (χ2n) is 6.29. The van der Waals surface area contributed by atoms with Crippen LogP contribution in [-0.4, -0.2) is 38.1 Å². The summed E-state index contributed by atoms with van der Waals surface area (Å²) in [5.41, 5.74) is 1.65. The van der Waals surface area contributed by atoms with Crippen molar-refractivity contribution in [2.45, 2.75) is 18.9 Å². The van der Waals surface area contributed by atoms with Gasteiger partial charge in [-0.25, -0.2) is 4.39 Å². The minimum Gasteiger partial charge on any atom is -0.497 e. The van der Waals surface area contributed by atoms with Gasteiger partial charge in [-0.3, -0.25) is 9.69 Å². The van der Waals surface area contributed by atoms with Gasteiger partial charge in [-0.05, 0) is 49.7 Å². The van der Waals surface area contributed by atoms with Gasteiger partial charge in [0.25, 0.3) is 0 Å². The van der Waals surface area contributed by atoms with Crippen LogP contribution >= 0.6 is 0 Å². The SMILES string of the molecule is COc1ccc([C@H]2CCCN2CC(=O)Nc2ccc(F)cc2)c(OC)c1. The number of rotatable bonds is 6. The minimum atomic E-state index is -0.325. The molecule has 0 bridgehead atoms. The first-order chi connectivity index (χ1) is 12.6. The van der Waals surface area contributed by atoms with Gasteiger partial charge >= 0.3 is 0 Å². The fraction of sp³-hybridized carbons (Fsp3) is 0.350. The number of methoxy groups -OCH3 is 2. The fourth-order valence-corrected chi connectivity index (χ4v) is 3.38. The number of hydrogen-bond acceptors (Lipinski definition) is 4. The van der Waals surface area contributed by atoms with E-state index in [4.69, 9.17) is 9.47 Å². The number of nitrogens with zero attached hydrogens (tertiary/aromatic N) is 1. The van der Waals surface area contributed by atoms with Crippen LogP contribution in [0, 0.1) is 5.82 Å². The number of anilines is 1. The van der Waals surface area contributed by atoms with Crippen molar-refractivity contribution in [2.75, 3.05) is 32.6 Å². The molecule has 1 saturated heterocycles. The van der Waals surface area contributed by atoms with Crippen molar-refractivity contribution in [1.82, 2.24) is 4.90 Å². The molecule has 2 aromatic carbocycles. The molecular formula is C20H23FN2O3. The predicted molar refractivity (Wildman–Crippen MR) is 98.1 cm³/mol. The van der Waals surface area contributed by atoms with E-state index in [0.29, 0.717) is 5.69 Å². The quantitative estimate of drug-likeness (QED) is 0.857. The zero-order valence-corrected chi connectivity index (χ0v) is 15.0. The van der Waals surface area contributed by atoms with Gasteiger partial charge in [-0.15, -0.1) is 0 Å². The van der Waals surface area contributed by atoms with Crippen LogP contribution in [0.2, 0.25) is 0 Å². The van der Waals surface area contributed by atoms with Crippen molar-refractivity contribution >= 4 is 11.6 Å². The summed E-state index contributed by atoms with van der Waals surface area (Å²) in [5, 5.41) is 2.82. The van der Waals surface area contributed by atoms with Crippen LogP contribution in [0.3, 0.4) is 0 Å². The van der Waals surface area contributed by atoms with Gasteiger partial charge in [-0.2, -0.15) is 0 Å². The lowest BCUT2D eigenvalue weighted by molar-refractivity contribution is -0.117. The summed E-state index contributed by atoms with van der Waals surface area (Å²) in [6, 6.07) is 11.7. The molecule has 1 aliphatic rings. The number of carbonyl (C=O) groups excluding carboxylic acids is 1. The van der Waals surface area contributed by atoms with Crippen molar-refractivity contribution in [3.63, 3.8) is 0 Å². The summed E-state index contributed by atoms with van der Waals surface area (Å²) in [6.07, 6.45) is 1.98. The Morgan fingerprint density at radius 1 is 1.19 bits per heavy atom. The second-order valence-corrected chi connectivity index (χ2v) is 6.29. The number of carbonyl (C=O) groups is 1. The molecule has 0 radical (unpaired) electrons. The van der Waals surface area contributed by atoms with Crippen LogP contribution in [0.5, 0.6) is 11.5 Å². The molecule has 1 atom stereocenters. The summed E-state index contributed by atoms with van der Waals surface area (Å²) in [7, 11) is 3.26. The molecule has 3 rings (SSSR count). The zero-order chi connectivity index (χ0) is 18.5. The van der Waals surface area contributed by atoms with E-state index < -0.39 is 0 Å². The van der Waals surface area contributed by atoms with E-state index in [9.17, 15) is 9.18 Å². The zero-order valence-electron chi connectivity index (χ0n) is 15.0. The van der Waals surface area contributed by atoms with Crippen molar-refractivity contribution in [3.05, 3.63) is 53.8 Å². The van der Waals surface area contributed by atoms with E-state index in [-0.39, 0.29) is 24.3 Å². The first-order valence-electron chi connectivity index (χ1n) is 8.62. The molecule has 1 heterocycles. The number of amides is 1. The highest BCUT2D eigenvalue weighted by Crippen LogP contribution is 2.38. The summed E-state index contributed by atoms with van der Waals surface area (Å²) < 4.78 is 23.7. The Morgan fingerprint density at radius 3 is 2.65 bits per heavy atom. The molecule has 6 heteroatoms. The van der Waals surface area contributed by atoms with E-state index in [0.717, 1.165) is 36.4 Å². The molecule has 138 valence electrons. The van der Waals surface area contributed by atoms with E-state index in [1.807, 2.05) is 18.2 Å². The normalized spacial score (nSPS) is 17.1. The summed E-state index contributed by atoms with van der Waals surface area (Å²) >= 11 is 0. The monoisotopic (exact) mass is 358 g/mol. The van der Waals surface area contributed by atoms with Crippen molar-refractivity contribution in [3.8, 4) is 11.5 Å². The largest absolute Gasteiger partial charge is 0.497 e. The molecule has 1 fully saturated rings. The Balaban J connectivity index is 1.70. The molecule has 2 aromatic rings. The van der Waals surface area contributed by atoms with Gasteiger partial charge in [0.15, 0.2) is 0 Å². The summed E-state index contributed by atoms with van der Waals surface area (Å²) in [4.78, 5) is 14.5. The molecule has 0 aliphatic carbocycles. The lowest BCUT2D eigenvalue weighted by atomic mass is 10.0. The van der Waals surface area contributed by atoms with Crippen LogP contribution in [0.15, 0.2) is 42.5 Å². The molecule has 0 aromatic heterocycles. The minimum absolute atomic E-state index is 0.115. The first kappa shape index (κ1) is 18.2. The number of nitrogens with one attached hydrogen (secondary N) is 1. The van der Waals surface area contributed by atoms with E-state index in [2.05, 4.69) is 10.2 Å².